The summed E-state index contributed by atoms with van der Waals surface area (Å²) in [5, 5.41) is 5.74. The molecule has 0 aliphatic carbocycles. The van der Waals surface area contributed by atoms with Crippen LogP contribution in [0.25, 0.3) is 0 Å². The maximum atomic E-state index is 12.0. The Hall–Kier alpha value is -2.89. The summed E-state index contributed by atoms with van der Waals surface area (Å²) in [5.74, 6) is 2.67. The summed E-state index contributed by atoms with van der Waals surface area (Å²) in [6.07, 6.45) is 0.701. The number of nitrogens with one attached hydrogen (secondary N) is 2. The van der Waals surface area contributed by atoms with Gasteiger partial charge in [-0.05, 0) is 47.7 Å². The minimum atomic E-state index is -0.200. The lowest BCUT2D eigenvalue weighted by Crippen LogP contribution is -2.36. The summed E-state index contributed by atoms with van der Waals surface area (Å²) in [6, 6.07) is 13.3. The fourth-order valence-corrected chi connectivity index (χ4v) is 2.61. The number of ether oxygens (including phenoxy) is 3. The van der Waals surface area contributed by atoms with E-state index < -0.39 is 0 Å². The third kappa shape index (κ3) is 7.02. The minimum Gasteiger partial charge on any atom is -0.493 e. The second-order valence-electron chi connectivity index (χ2n) is 6.90. The van der Waals surface area contributed by atoms with Crippen LogP contribution in [0.5, 0.6) is 17.2 Å². The first kappa shape index (κ1) is 21.4. The number of carbonyl (C=O) groups is 1. The molecule has 0 heterocycles. The number of hydrogen-bond acceptors (Lipinski definition) is 4. The van der Waals surface area contributed by atoms with Crippen LogP contribution in [0.15, 0.2) is 42.5 Å². The Morgan fingerprint density at radius 2 is 1.75 bits per heavy atom. The van der Waals surface area contributed by atoms with Crippen LogP contribution in [-0.2, 0) is 13.0 Å². The lowest BCUT2D eigenvalue weighted by atomic mass is 10.1. The number of rotatable bonds is 10. The molecule has 0 bridgehead atoms. The molecule has 2 N–H and O–H groups in total. The Morgan fingerprint density at radius 3 is 2.46 bits per heavy atom. The fourth-order valence-electron chi connectivity index (χ4n) is 2.61. The maximum Gasteiger partial charge on any atom is 0.315 e. The monoisotopic (exact) mass is 386 g/mol. The molecule has 2 amide bonds. The van der Waals surface area contributed by atoms with Crippen molar-refractivity contribution in [2.75, 3.05) is 27.4 Å². The van der Waals surface area contributed by atoms with E-state index in [1.54, 1.807) is 14.2 Å². The van der Waals surface area contributed by atoms with Gasteiger partial charge < -0.3 is 24.8 Å². The van der Waals surface area contributed by atoms with E-state index in [0.717, 1.165) is 16.9 Å². The van der Waals surface area contributed by atoms with Gasteiger partial charge in [0, 0.05) is 13.1 Å². The molecule has 6 nitrogen and oxygen atoms in total. The zero-order valence-electron chi connectivity index (χ0n) is 17.1. The Bertz CT molecular complexity index is 762. The first-order valence-corrected chi connectivity index (χ1v) is 9.46. The van der Waals surface area contributed by atoms with E-state index in [-0.39, 0.29) is 6.03 Å². The third-order valence-electron chi connectivity index (χ3n) is 4.08. The lowest BCUT2D eigenvalue weighted by Gasteiger charge is -2.12. The van der Waals surface area contributed by atoms with Crippen LogP contribution in [0.2, 0.25) is 0 Å². The predicted octanol–water partition coefficient (Wildman–Crippen LogP) is 3.78. The average Bonchev–Trinajstić information content (AvgIpc) is 2.71. The van der Waals surface area contributed by atoms with Gasteiger partial charge >= 0.3 is 6.03 Å². The summed E-state index contributed by atoms with van der Waals surface area (Å²) < 4.78 is 16.2. The van der Waals surface area contributed by atoms with Crippen LogP contribution in [0.1, 0.15) is 25.0 Å². The standard InChI is InChI=1S/C22H30N2O4/c1-16(2)15-28-19-7-5-6-18(12-19)14-24-22(25)23-11-10-17-8-9-20(26-3)21(13-17)27-4/h5-9,12-13,16H,10-11,14-15H2,1-4H3,(H2,23,24,25). The van der Waals surface area contributed by atoms with Crippen molar-refractivity contribution in [1.82, 2.24) is 10.6 Å². The van der Waals surface area contributed by atoms with Gasteiger partial charge in [0.05, 0.1) is 20.8 Å². The summed E-state index contributed by atoms with van der Waals surface area (Å²) in [4.78, 5) is 12.0. The van der Waals surface area contributed by atoms with Crippen LogP contribution in [-0.4, -0.2) is 33.4 Å². The largest absolute Gasteiger partial charge is 0.493 e. The summed E-state index contributed by atoms with van der Waals surface area (Å²) in [7, 11) is 3.21. The van der Waals surface area contributed by atoms with Crippen molar-refractivity contribution in [2.24, 2.45) is 5.92 Å². The number of amides is 2. The minimum absolute atomic E-state index is 0.200. The first-order chi connectivity index (χ1) is 13.5. The van der Waals surface area contributed by atoms with E-state index in [1.807, 2.05) is 42.5 Å². The van der Waals surface area contributed by atoms with Crippen molar-refractivity contribution in [3.05, 3.63) is 53.6 Å². The lowest BCUT2D eigenvalue weighted by molar-refractivity contribution is 0.240. The summed E-state index contributed by atoms with van der Waals surface area (Å²) in [5.41, 5.74) is 2.06. The average molecular weight is 386 g/mol. The molecule has 0 radical (unpaired) electrons. The number of benzene rings is 2. The number of urea groups is 1. The summed E-state index contributed by atoms with van der Waals surface area (Å²) in [6.45, 7) is 5.86. The molecule has 2 aromatic rings. The van der Waals surface area contributed by atoms with Crippen molar-refractivity contribution >= 4 is 6.03 Å². The Kier molecular flexibility index (Phi) is 8.46. The zero-order chi connectivity index (χ0) is 20.4. The van der Waals surface area contributed by atoms with E-state index in [1.165, 1.54) is 0 Å². The van der Waals surface area contributed by atoms with Crippen molar-refractivity contribution in [2.45, 2.75) is 26.8 Å². The number of carbonyl (C=O) groups excluding carboxylic acids is 1. The molecule has 0 aliphatic heterocycles. The van der Waals surface area contributed by atoms with Crippen molar-refractivity contribution < 1.29 is 19.0 Å². The highest BCUT2D eigenvalue weighted by Gasteiger charge is 2.06. The molecule has 152 valence electrons. The van der Waals surface area contributed by atoms with E-state index in [2.05, 4.69) is 24.5 Å². The smallest absolute Gasteiger partial charge is 0.315 e. The van der Waals surface area contributed by atoms with Crippen molar-refractivity contribution in [3.63, 3.8) is 0 Å². The molecule has 0 spiro atoms. The van der Waals surface area contributed by atoms with Crippen molar-refractivity contribution in [3.8, 4) is 17.2 Å². The molecule has 0 aliphatic rings. The second kappa shape index (κ2) is 11.1. The molecule has 0 saturated carbocycles. The molecule has 0 atom stereocenters. The van der Waals surface area contributed by atoms with E-state index in [4.69, 9.17) is 14.2 Å². The second-order valence-corrected chi connectivity index (χ2v) is 6.90. The topological polar surface area (TPSA) is 68.8 Å². The van der Waals surface area contributed by atoms with E-state index in [0.29, 0.717) is 43.5 Å². The quantitative estimate of drug-likeness (QED) is 0.652. The van der Waals surface area contributed by atoms with Gasteiger partial charge in [-0.3, -0.25) is 0 Å². The van der Waals surface area contributed by atoms with Gasteiger partial charge in [0.25, 0.3) is 0 Å². The van der Waals surface area contributed by atoms with Crippen molar-refractivity contribution in [1.29, 1.82) is 0 Å². The van der Waals surface area contributed by atoms with E-state index >= 15 is 0 Å². The Labute approximate surface area is 167 Å². The maximum absolute atomic E-state index is 12.0. The SMILES string of the molecule is COc1ccc(CCNC(=O)NCc2cccc(OCC(C)C)c2)cc1OC. The molecule has 0 saturated heterocycles. The Morgan fingerprint density at radius 1 is 0.964 bits per heavy atom. The fraction of sp³-hybridized carbons (Fsp3) is 0.409. The number of hydrogen-bond donors (Lipinski definition) is 2. The van der Waals surface area contributed by atoms with Crippen LogP contribution in [0.3, 0.4) is 0 Å². The predicted molar refractivity (Wildman–Crippen MR) is 110 cm³/mol. The molecular weight excluding hydrogens is 356 g/mol. The molecule has 0 aromatic heterocycles. The Balaban J connectivity index is 1.75. The molecule has 2 aromatic carbocycles. The first-order valence-electron chi connectivity index (χ1n) is 9.46. The highest BCUT2D eigenvalue weighted by atomic mass is 16.5. The van der Waals surface area contributed by atoms with Gasteiger partial charge in [0.1, 0.15) is 5.75 Å². The molecule has 0 unspecified atom stereocenters. The molecule has 6 heteroatoms. The highest BCUT2D eigenvalue weighted by Crippen LogP contribution is 2.27. The molecule has 0 fully saturated rings. The van der Waals surface area contributed by atoms with Gasteiger partial charge in [0.15, 0.2) is 11.5 Å². The number of methoxy groups -OCH3 is 2. The van der Waals surface area contributed by atoms with E-state index in [9.17, 15) is 4.79 Å². The zero-order valence-corrected chi connectivity index (χ0v) is 17.1. The van der Waals surface area contributed by atoms with Gasteiger partial charge in [-0.15, -0.1) is 0 Å². The van der Waals surface area contributed by atoms with Crippen LogP contribution >= 0.6 is 0 Å². The summed E-state index contributed by atoms with van der Waals surface area (Å²) >= 11 is 0. The van der Waals surface area contributed by atoms with Gasteiger partial charge in [-0.2, -0.15) is 0 Å². The van der Waals surface area contributed by atoms with Gasteiger partial charge in [0.2, 0.25) is 0 Å². The normalized spacial score (nSPS) is 10.5. The van der Waals surface area contributed by atoms with Crippen LogP contribution in [0, 0.1) is 5.92 Å². The third-order valence-corrected chi connectivity index (χ3v) is 4.08. The van der Waals surface area contributed by atoms with Gasteiger partial charge in [-0.1, -0.05) is 32.0 Å². The molecular formula is C22H30N2O4. The van der Waals surface area contributed by atoms with Crippen LogP contribution < -0.4 is 24.8 Å². The highest BCUT2D eigenvalue weighted by molar-refractivity contribution is 5.73. The molecule has 28 heavy (non-hydrogen) atoms. The molecule has 2 rings (SSSR count). The van der Waals surface area contributed by atoms with Crippen LogP contribution in [0.4, 0.5) is 4.79 Å². The van der Waals surface area contributed by atoms with Gasteiger partial charge in [-0.25, -0.2) is 4.79 Å².